The Morgan fingerprint density at radius 2 is 1.88 bits per heavy atom. The van der Waals surface area contributed by atoms with Gasteiger partial charge in [-0.1, -0.05) is 6.07 Å². The van der Waals surface area contributed by atoms with Crippen molar-refractivity contribution < 1.29 is 31.8 Å². The third-order valence-corrected chi connectivity index (χ3v) is 7.31. The van der Waals surface area contributed by atoms with Gasteiger partial charge < -0.3 is 14.0 Å². The number of carbonyl (C=O) groups excluding carboxylic acids is 1. The second-order valence-electron chi connectivity index (χ2n) is 9.96. The predicted molar refractivity (Wildman–Crippen MR) is 140 cm³/mol. The Hall–Kier alpha value is -4.56. The van der Waals surface area contributed by atoms with E-state index in [4.69, 9.17) is 9.47 Å². The molecular formula is C27H26F4N8O3. The highest BCUT2D eigenvalue weighted by Gasteiger charge is 2.37. The Labute approximate surface area is 237 Å². The predicted octanol–water partition coefficient (Wildman–Crippen LogP) is 4.61. The Morgan fingerprint density at radius 3 is 2.55 bits per heavy atom. The van der Waals surface area contributed by atoms with Crippen LogP contribution in [0.15, 0.2) is 24.7 Å². The van der Waals surface area contributed by atoms with Crippen LogP contribution in [0.25, 0.3) is 22.8 Å². The van der Waals surface area contributed by atoms with Gasteiger partial charge >= 0.3 is 6.18 Å². The molecule has 6 rings (SSSR count). The molecule has 0 spiro atoms. The first-order chi connectivity index (χ1) is 20.1. The fourth-order valence-corrected chi connectivity index (χ4v) is 5.10. The number of imidazole rings is 1. The van der Waals surface area contributed by atoms with E-state index in [1.165, 1.54) is 42.1 Å². The third-order valence-electron chi connectivity index (χ3n) is 7.31. The van der Waals surface area contributed by atoms with Gasteiger partial charge in [0, 0.05) is 30.6 Å². The van der Waals surface area contributed by atoms with Crippen molar-refractivity contribution in [1.29, 1.82) is 0 Å². The van der Waals surface area contributed by atoms with E-state index in [1.807, 2.05) is 0 Å². The number of methoxy groups -OCH3 is 2. The van der Waals surface area contributed by atoms with Crippen molar-refractivity contribution in [3.05, 3.63) is 47.4 Å². The molecule has 11 nitrogen and oxygen atoms in total. The summed E-state index contributed by atoms with van der Waals surface area (Å²) >= 11 is 0. The van der Waals surface area contributed by atoms with Crippen LogP contribution in [-0.2, 0) is 30.6 Å². The lowest BCUT2D eigenvalue weighted by Gasteiger charge is -2.26. The van der Waals surface area contributed by atoms with Gasteiger partial charge in [-0.2, -0.15) is 18.2 Å². The number of nitrogens with zero attached hydrogens (tertiary/aromatic N) is 8. The fraction of sp³-hybridized carbons (Fsp3) is 0.407. The largest absolute Gasteiger partial charge is 0.493 e. The van der Waals surface area contributed by atoms with Gasteiger partial charge in [0.2, 0.25) is 17.7 Å². The van der Waals surface area contributed by atoms with Gasteiger partial charge in [0.15, 0.2) is 23.1 Å². The van der Waals surface area contributed by atoms with E-state index in [9.17, 15) is 18.0 Å². The van der Waals surface area contributed by atoms with Crippen LogP contribution in [0.3, 0.4) is 0 Å². The first-order valence-electron chi connectivity index (χ1n) is 13.3. The topological polar surface area (TPSA) is 113 Å². The number of hydrogen-bond donors (Lipinski definition) is 0. The average molecular weight is 587 g/mol. The maximum atomic E-state index is 15.8. The lowest BCUT2D eigenvalue weighted by molar-refractivity contribution is -0.140. The molecule has 3 aromatic heterocycles. The van der Waals surface area contributed by atoms with E-state index < -0.39 is 17.7 Å². The Morgan fingerprint density at radius 1 is 1.10 bits per heavy atom. The van der Waals surface area contributed by atoms with Gasteiger partial charge in [0.1, 0.15) is 17.7 Å². The molecule has 1 amide bonds. The minimum atomic E-state index is -4.69. The molecule has 0 bridgehead atoms. The van der Waals surface area contributed by atoms with Crippen LogP contribution in [-0.4, -0.2) is 54.4 Å². The van der Waals surface area contributed by atoms with E-state index >= 15 is 4.39 Å². The minimum absolute atomic E-state index is 0.120. The summed E-state index contributed by atoms with van der Waals surface area (Å²) in [6.07, 6.45) is -0.332. The number of aryl methyl sites for hydroxylation is 2. The van der Waals surface area contributed by atoms with Gasteiger partial charge in [-0.3, -0.25) is 9.69 Å². The van der Waals surface area contributed by atoms with E-state index in [2.05, 4.69) is 25.0 Å². The van der Waals surface area contributed by atoms with Crippen LogP contribution in [0.2, 0.25) is 0 Å². The number of anilines is 1. The van der Waals surface area contributed by atoms with Crippen molar-refractivity contribution >= 4 is 11.9 Å². The number of amides is 1. The molecule has 4 heterocycles. The van der Waals surface area contributed by atoms with Crippen molar-refractivity contribution in [1.82, 2.24) is 34.3 Å². The maximum absolute atomic E-state index is 15.8. The highest BCUT2D eigenvalue weighted by atomic mass is 19.4. The van der Waals surface area contributed by atoms with Gasteiger partial charge in [0.25, 0.3) is 0 Å². The SMILES string of the molecule is CCn1cc(C(F)(F)F)nc1-c1ccc(CN2C(=O)CCn3nc(-c4c(OC)ncnc4C4CC4)nc32)c(OC)c1F. The van der Waals surface area contributed by atoms with Crippen LogP contribution in [0.5, 0.6) is 11.6 Å². The van der Waals surface area contributed by atoms with Crippen molar-refractivity contribution in [2.24, 2.45) is 0 Å². The van der Waals surface area contributed by atoms with Crippen LogP contribution >= 0.6 is 0 Å². The molecule has 1 aliphatic carbocycles. The second kappa shape index (κ2) is 10.4. The van der Waals surface area contributed by atoms with Gasteiger partial charge in [0.05, 0.1) is 38.6 Å². The Kier molecular flexibility index (Phi) is 6.81. The highest BCUT2D eigenvalue weighted by molar-refractivity contribution is 5.93. The molecule has 0 radical (unpaired) electrons. The summed E-state index contributed by atoms with van der Waals surface area (Å²) in [7, 11) is 2.74. The number of hydrogen-bond acceptors (Lipinski definition) is 8. The maximum Gasteiger partial charge on any atom is 0.434 e. The summed E-state index contributed by atoms with van der Waals surface area (Å²) in [5, 5.41) is 4.63. The zero-order valence-corrected chi connectivity index (χ0v) is 22.9. The highest BCUT2D eigenvalue weighted by Crippen LogP contribution is 2.45. The van der Waals surface area contributed by atoms with Gasteiger partial charge in [-0.25, -0.2) is 24.0 Å². The quantitative estimate of drug-likeness (QED) is 0.275. The zero-order valence-electron chi connectivity index (χ0n) is 22.9. The molecule has 1 aromatic carbocycles. The van der Waals surface area contributed by atoms with Crippen molar-refractivity contribution in [3.8, 4) is 34.4 Å². The monoisotopic (exact) mass is 586 g/mol. The number of carbonyl (C=O) groups is 1. The summed E-state index contributed by atoms with van der Waals surface area (Å²) in [4.78, 5) is 31.4. The average Bonchev–Trinajstić information content (AvgIpc) is 3.57. The van der Waals surface area contributed by atoms with Crippen molar-refractivity contribution in [2.75, 3.05) is 19.1 Å². The summed E-state index contributed by atoms with van der Waals surface area (Å²) in [6, 6.07) is 2.84. The summed E-state index contributed by atoms with van der Waals surface area (Å²) in [6.45, 7) is 1.94. The Balaban J connectivity index is 1.38. The Bertz CT molecular complexity index is 1680. The summed E-state index contributed by atoms with van der Waals surface area (Å²) in [5.74, 6) is -0.427. The standard InChI is InChI=1S/C27H26F4N8O3/c1-4-37-12-17(27(29,30)31)34-24(37)16-8-7-15(22(41-2)20(16)28)11-38-18(40)9-10-39-26(38)35-23(36-39)19-21(14-5-6-14)32-13-33-25(19)42-3/h7-8,12-14H,4-6,9-11H2,1-3H3. The van der Waals surface area contributed by atoms with E-state index in [0.29, 0.717) is 17.3 Å². The fourth-order valence-electron chi connectivity index (χ4n) is 5.10. The minimum Gasteiger partial charge on any atom is -0.493 e. The molecule has 2 aliphatic rings. The summed E-state index contributed by atoms with van der Waals surface area (Å²) in [5.41, 5.74) is 0.346. The molecule has 1 saturated carbocycles. The number of halogens is 4. The smallest absolute Gasteiger partial charge is 0.434 e. The van der Waals surface area contributed by atoms with Crippen molar-refractivity contribution in [3.63, 3.8) is 0 Å². The molecule has 4 aromatic rings. The van der Waals surface area contributed by atoms with E-state index in [-0.39, 0.29) is 66.5 Å². The van der Waals surface area contributed by atoms with E-state index in [1.54, 1.807) is 11.6 Å². The van der Waals surface area contributed by atoms with Crippen LogP contribution < -0.4 is 14.4 Å². The number of rotatable bonds is 8. The number of aromatic nitrogens is 7. The van der Waals surface area contributed by atoms with Gasteiger partial charge in [-0.15, -0.1) is 5.10 Å². The number of alkyl halides is 3. The van der Waals surface area contributed by atoms with Crippen LogP contribution in [0.1, 0.15) is 49.1 Å². The molecule has 0 N–H and O–H groups in total. The molecule has 0 saturated heterocycles. The molecule has 15 heteroatoms. The molecular weight excluding hydrogens is 560 g/mol. The van der Waals surface area contributed by atoms with E-state index in [0.717, 1.165) is 24.7 Å². The second-order valence-corrected chi connectivity index (χ2v) is 9.96. The lowest BCUT2D eigenvalue weighted by Crippen LogP contribution is -2.37. The molecule has 1 fully saturated rings. The van der Waals surface area contributed by atoms with Crippen molar-refractivity contribution in [2.45, 2.75) is 57.9 Å². The number of ether oxygens (including phenoxy) is 2. The summed E-state index contributed by atoms with van der Waals surface area (Å²) < 4.78 is 69.4. The van der Waals surface area contributed by atoms with Crippen LogP contribution in [0, 0.1) is 5.82 Å². The lowest BCUT2D eigenvalue weighted by atomic mass is 10.1. The number of benzene rings is 1. The molecule has 1 aliphatic heterocycles. The molecule has 0 unspecified atom stereocenters. The zero-order chi connectivity index (χ0) is 29.8. The number of fused-ring (bicyclic) bond motifs is 1. The first-order valence-corrected chi connectivity index (χ1v) is 13.3. The molecule has 42 heavy (non-hydrogen) atoms. The molecule has 0 atom stereocenters. The van der Waals surface area contributed by atoms with Crippen LogP contribution in [0.4, 0.5) is 23.5 Å². The first kappa shape index (κ1) is 27.6. The normalized spacial score (nSPS) is 15.2. The third kappa shape index (κ3) is 4.71. The molecule has 220 valence electrons. The van der Waals surface area contributed by atoms with Gasteiger partial charge in [-0.05, 0) is 25.8 Å².